The second kappa shape index (κ2) is 9.11. The van der Waals surface area contributed by atoms with Gasteiger partial charge in [-0.05, 0) is 38.3 Å². The van der Waals surface area contributed by atoms with Crippen LogP contribution in [0.15, 0.2) is 24.3 Å². The van der Waals surface area contributed by atoms with E-state index in [2.05, 4.69) is 50.4 Å². The van der Waals surface area contributed by atoms with Gasteiger partial charge in [-0.1, -0.05) is 50.1 Å². The van der Waals surface area contributed by atoms with E-state index in [4.69, 9.17) is 4.74 Å². The van der Waals surface area contributed by atoms with Crippen LogP contribution >= 0.6 is 0 Å². The lowest BCUT2D eigenvalue weighted by Crippen LogP contribution is -2.43. The van der Waals surface area contributed by atoms with Crippen LogP contribution in [0.3, 0.4) is 0 Å². The van der Waals surface area contributed by atoms with Crippen LogP contribution in [-0.4, -0.2) is 25.8 Å². The van der Waals surface area contributed by atoms with E-state index in [0.29, 0.717) is 12.1 Å². The number of rotatable bonds is 9. The summed E-state index contributed by atoms with van der Waals surface area (Å²) in [5, 5.41) is 3.64. The fourth-order valence-electron chi connectivity index (χ4n) is 2.41. The molecule has 108 valence electrons. The van der Waals surface area contributed by atoms with Gasteiger partial charge in [-0.25, -0.2) is 0 Å². The van der Waals surface area contributed by atoms with Gasteiger partial charge >= 0.3 is 0 Å². The molecule has 1 aromatic rings. The van der Waals surface area contributed by atoms with Gasteiger partial charge in [-0.15, -0.1) is 0 Å². The lowest BCUT2D eigenvalue weighted by Gasteiger charge is -2.27. The van der Waals surface area contributed by atoms with Crippen molar-refractivity contribution < 1.29 is 4.74 Å². The molecule has 0 heterocycles. The van der Waals surface area contributed by atoms with E-state index in [-0.39, 0.29) is 0 Å². The largest absolute Gasteiger partial charge is 0.380 e. The number of ether oxygens (including phenoxy) is 1. The molecular weight excluding hydrogens is 234 g/mol. The summed E-state index contributed by atoms with van der Waals surface area (Å²) in [4.78, 5) is 0. The molecule has 0 aromatic heterocycles. The van der Waals surface area contributed by atoms with Crippen LogP contribution in [0.5, 0.6) is 0 Å². The zero-order valence-electron chi connectivity index (χ0n) is 12.9. The number of hydrogen-bond acceptors (Lipinski definition) is 2. The summed E-state index contributed by atoms with van der Waals surface area (Å²) in [6, 6.07) is 9.25. The van der Waals surface area contributed by atoms with Crippen LogP contribution in [-0.2, 0) is 11.2 Å². The summed E-state index contributed by atoms with van der Waals surface area (Å²) in [6.07, 6.45) is 4.78. The Balaban J connectivity index is 2.69. The standard InChI is InChI=1S/C17H29NO/c1-5-7-17(19-4)16(18-12-6-2)13-15-10-8-14(3)9-11-15/h8-11,16-18H,5-7,12-13H2,1-4H3. The van der Waals surface area contributed by atoms with Gasteiger partial charge in [-0.2, -0.15) is 0 Å². The first-order chi connectivity index (χ1) is 9.21. The number of methoxy groups -OCH3 is 1. The third-order valence-corrected chi connectivity index (χ3v) is 3.56. The molecule has 2 atom stereocenters. The zero-order chi connectivity index (χ0) is 14.1. The molecule has 2 nitrogen and oxygen atoms in total. The summed E-state index contributed by atoms with van der Waals surface area (Å²) in [5.74, 6) is 0. The minimum Gasteiger partial charge on any atom is -0.380 e. The Kier molecular flexibility index (Phi) is 7.76. The minimum atomic E-state index is 0.304. The van der Waals surface area contributed by atoms with Gasteiger partial charge in [0.25, 0.3) is 0 Å². The molecule has 0 bridgehead atoms. The number of benzene rings is 1. The maximum Gasteiger partial charge on any atom is 0.0727 e. The minimum absolute atomic E-state index is 0.304. The van der Waals surface area contributed by atoms with E-state index in [9.17, 15) is 0 Å². The summed E-state index contributed by atoms with van der Waals surface area (Å²) in [5.41, 5.74) is 2.70. The molecule has 0 radical (unpaired) electrons. The lowest BCUT2D eigenvalue weighted by atomic mass is 9.97. The van der Waals surface area contributed by atoms with E-state index < -0.39 is 0 Å². The molecule has 2 unspecified atom stereocenters. The second-order valence-corrected chi connectivity index (χ2v) is 5.31. The molecule has 0 saturated heterocycles. The van der Waals surface area contributed by atoms with Crippen molar-refractivity contribution in [3.63, 3.8) is 0 Å². The van der Waals surface area contributed by atoms with Gasteiger partial charge in [0.2, 0.25) is 0 Å². The van der Waals surface area contributed by atoms with Gasteiger partial charge in [0.1, 0.15) is 0 Å². The van der Waals surface area contributed by atoms with Crippen LogP contribution in [0.4, 0.5) is 0 Å². The molecule has 0 amide bonds. The first-order valence-electron chi connectivity index (χ1n) is 7.53. The number of nitrogens with one attached hydrogen (secondary N) is 1. The number of aryl methyl sites for hydroxylation is 1. The van der Waals surface area contributed by atoms with Crippen molar-refractivity contribution in [2.75, 3.05) is 13.7 Å². The Morgan fingerprint density at radius 2 is 1.79 bits per heavy atom. The van der Waals surface area contributed by atoms with Gasteiger partial charge in [0.15, 0.2) is 0 Å². The highest BCUT2D eigenvalue weighted by atomic mass is 16.5. The van der Waals surface area contributed by atoms with E-state index in [1.807, 2.05) is 7.11 Å². The van der Waals surface area contributed by atoms with Crippen molar-refractivity contribution in [1.82, 2.24) is 5.32 Å². The quantitative estimate of drug-likeness (QED) is 0.733. The Morgan fingerprint density at radius 3 is 2.32 bits per heavy atom. The summed E-state index contributed by atoms with van der Waals surface area (Å²) >= 11 is 0. The third-order valence-electron chi connectivity index (χ3n) is 3.56. The fraction of sp³-hybridized carbons (Fsp3) is 0.647. The molecule has 1 N–H and O–H groups in total. The Bertz CT molecular complexity index is 334. The molecule has 0 spiro atoms. The molecule has 1 aromatic carbocycles. The summed E-state index contributed by atoms with van der Waals surface area (Å²) in [7, 11) is 1.83. The van der Waals surface area contributed by atoms with Gasteiger partial charge in [0.05, 0.1) is 6.10 Å². The van der Waals surface area contributed by atoms with Crippen LogP contribution in [0.25, 0.3) is 0 Å². The SMILES string of the molecule is CCCNC(Cc1ccc(C)cc1)C(CCC)OC. The molecule has 19 heavy (non-hydrogen) atoms. The van der Waals surface area contributed by atoms with Gasteiger partial charge < -0.3 is 10.1 Å². The smallest absolute Gasteiger partial charge is 0.0727 e. The monoisotopic (exact) mass is 263 g/mol. The summed E-state index contributed by atoms with van der Waals surface area (Å²) < 4.78 is 5.68. The first kappa shape index (κ1) is 16.2. The molecule has 0 aliphatic carbocycles. The van der Waals surface area contributed by atoms with E-state index in [1.165, 1.54) is 11.1 Å². The molecular formula is C17H29NO. The van der Waals surface area contributed by atoms with E-state index in [0.717, 1.165) is 32.2 Å². The van der Waals surface area contributed by atoms with Crippen molar-refractivity contribution in [2.45, 2.75) is 58.6 Å². The first-order valence-corrected chi connectivity index (χ1v) is 7.53. The maximum atomic E-state index is 5.68. The molecule has 0 fully saturated rings. The fourth-order valence-corrected chi connectivity index (χ4v) is 2.41. The van der Waals surface area contributed by atoms with Gasteiger partial charge in [0, 0.05) is 13.2 Å². The van der Waals surface area contributed by atoms with Crippen molar-refractivity contribution in [2.24, 2.45) is 0 Å². The highest BCUT2D eigenvalue weighted by Crippen LogP contribution is 2.13. The third kappa shape index (κ3) is 5.75. The maximum absolute atomic E-state index is 5.68. The van der Waals surface area contributed by atoms with Crippen molar-refractivity contribution in [3.8, 4) is 0 Å². The highest BCUT2D eigenvalue weighted by Gasteiger charge is 2.20. The Hall–Kier alpha value is -0.860. The van der Waals surface area contributed by atoms with Crippen molar-refractivity contribution >= 4 is 0 Å². The average Bonchev–Trinajstić information content (AvgIpc) is 2.43. The average molecular weight is 263 g/mol. The second-order valence-electron chi connectivity index (χ2n) is 5.31. The predicted molar refractivity (Wildman–Crippen MR) is 82.7 cm³/mol. The Labute approximate surface area is 118 Å². The van der Waals surface area contributed by atoms with Crippen molar-refractivity contribution in [3.05, 3.63) is 35.4 Å². The lowest BCUT2D eigenvalue weighted by molar-refractivity contribution is 0.0609. The molecule has 1 rings (SSSR count). The van der Waals surface area contributed by atoms with Crippen LogP contribution in [0.1, 0.15) is 44.2 Å². The zero-order valence-corrected chi connectivity index (χ0v) is 12.9. The molecule has 0 aliphatic rings. The van der Waals surface area contributed by atoms with E-state index >= 15 is 0 Å². The predicted octanol–water partition coefficient (Wildman–Crippen LogP) is 3.72. The van der Waals surface area contributed by atoms with Crippen LogP contribution in [0, 0.1) is 6.92 Å². The van der Waals surface area contributed by atoms with Crippen LogP contribution in [0.2, 0.25) is 0 Å². The van der Waals surface area contributed by atoms with Crippen LogP contribution < -0.4 is 5.32 Å². The number of hydrogen-bond donors (Lipinski definition) is 1. The van der Waals surface area contributed by atoms with Crippen molar-refractivity contribution in [1.29, 1.82) is 0 Å². The normalized spacial score (nSPS) is 14.3. The molecule has 2 heteroatoms. The Morgan fingerprint density at radius 1 is 1.11 bits per heavy atom. The molecule has 0 aliphatic heterocycles. The topological polar surface area (TPSA) is 21.3 Å². The molecule has 0 saturated carbocycles. The highest BCUT2D eigenvalue weighted by molar-refractivity contribution is 5.22. The van der Waals surface area contributed by atoms with E-state index in [1.54, 1.807) is 0 Å². The van der Waals surface area contributed by atoms with Gasteiger partial charge in [-0.3, -0.25) is 0 Å². The summed E-state index contributed by atoms with van der Waals surface area (Å²) in [6.45, 7) is 7.61.